The molecule has 2 heterocycles. The Morgan fingerprint density at radius 2 is 1.76 bits per heavy atom. The summed E-state index contributed by atoms with van der Waals surface area (Å²) in [4.78, 5) is 23.6. The van der Waals surface area contributed by atoms with Crippen LogP contribution in [0.15, 0.2) is 60.7 Å². The number of hydrogen-bond donors (Lipinski definition) is 1. The van der Waals surface area contributed by atoms with Gasteiger partial charge < -0.3 is 15.0 Å². The number of benzene rings is 2. The molecule has 1 N–H and O–H groups in total. The van der Waals surface area contributed by atoms with Crippen molar-refractivity contribution in [3.8, 4) is 11.3 Å². The van der Waals surface area contributed by atoms with Crippen LogP contribution in [0.4, 0.5) is 17.5 Å². The molecule has 0 aliphatic carbocycles. The van der Waals surface area contributed by atoms with Crippen molar-refractivity contribution < 1.29 is 9.53 Å². The molecule has 6 heteroatoms. The van der Waals surface area contributed by atoms with Gasteiger partial charge in [-0.1, -0.05) is 30.3 Å². The van der Waals surface area contributed by atoms with Crippen molar-refractivity contribution in [2.75, 3.05) is 29.9 Å². The van der Waals surface area contributed by atoms with Gasteiger partial charge in [0.2, 0.25) is 5.95 Å². The van der Waals surface area contributed by atoms with Crippen molar-refractivity contribution in [2.45, 2.75) is 19.8 Å². The third kappa shape index (κ3) is 4.54. The number of nitrogens with one attached hydrogen (secondary N) is 1. The number of carbonyl (C=O) groups excluding carboxylic acids is 1. The molecule has 1 aliphatic rings. The van der Waals surface area contributed by atoms with Gasteiger partial charge in [0.15, 0.2) is 0 Å². The second-order valence-electron chi connectivity index (χ2n) is 6.92. The van der Waals surface area contributed by atoms with E-state index in [2.05, 4.69) is 16.3 Å². The molecule has 0 amide bonds. The number of carbonyl (C=O) groups is 1. The van der Waals surface area contributed by atoms with Crippen molar-refractivity contribution in [3.05, 3.63) is 66.2 Å². The molecule has 0 saturated carbocycles. The zero-order chi connectivity index (χ0) is 20.1. The maximum absolute atomic E-state index is 11.8. The first-order chi connectivity index (χ1) is 14.2. The van der Waals surface area contributed by atoms with Crippen molar-refractivity contribution >= 4 is 23.4 Å². The average Bonchev–Trinajstić information content (AvgIpc) is 3.30. The summed E-state index contributed by atoms with van der Waals surface area (Å²) in [5, 5.41) is 3.28. The van der Waals surface area contributed by atoms with Crippen LogP contribution >= 0.6 is 0 Å². The number of nitrogens with zero attached hydrogens (tertiary/aromatic N) is 3. The highest BCUT2D eigenvalue weighted by atomic mass is 16.5. The van der Waals surface area contributed by atoms with Gasteiger partial charge in [-0.3, -0.25) is 0 Å². The Morgan fingerprint density at radius 1 is 1.03 bits per heavy atom. The van der Waals surface area contributed by atoms with E-state index in [-0.39, 0.29) is 5.97 Å². The normalized spacial score (nSPS) is 13.3. The summed E-state index contributed by atoms with van der Waals surface area (Å²) in [7, 11) is 0. The number of anilines is 3. The van der Waals surface area contributed by atoms with Gasteiger partial charge in [0.25, 0.3) is 0 Å². The molecule has 0 bridgehead atoms. The van der Waals surface area contributed by atoms with Crippen molar-refractivity contribution in [2.24, 2.45) is 0 Å². The summed E-state index contributed by atoms with van der Waals surface area (Å²) >= 11 is 0. The lowest BCUT2D eigenvalue weighted by Gasteiger charge is -2.18. The van der Waals surface area contributed by atoms with Gasteiger partial charge in [-0.2, -0.15) is 4.98 Å². The first-order valence-corrected chi connectivity index (χ1v) is 9.96. The minimum Gasteiger partial charge on any atom is -0.462 e. The van der Waals surface area contributed by atoms with Crippen molar-refractivity contribution in [1.29, 1.82) is 0 Å². The molecule has 0 spiro atoms. The van der Waals surface area contributed by atoms with E-state index >= 15 is 0 Å². The van der Waals surface area contributed by atoms with E-state index in [1.165, 1.54) is 12.8 Å². The lowest BCUT2D eigenvalue weighted by atomic mass is 10.1. The van der Waals surface area contributed by atoms with Gasteiger partial charge in [0.05, 0.1) is 17.9 Å². The maximum Gasteiger partial charge on any atom is 0.338 e. The highest BCUT2D eigenvalue weighted by molar-refractivity contribution is 5.89. The van der Waals surface area contributed by atoms with Crippen LogP contribution in [0.25, 0.3) is 11.3 Å². The number of aromatic nitrogens is 2. The largest absolute Gasteiger partial charge is 0.462 e. The van der Waals surface area contributed by atoms with Crippen LogP contribution in [-0.2, 0) is 4.74 Å². The quantitative estimate of drug-likeness (QED) is 0.619. The summed E-state index contributed by atoms with van der Waals surface area (Å²) in [6, 6.07) is 19.3. The number of ether oxygens (including phenoxy) is 1. The zero-order valence-corrected chi connectivity index (χ0v) is 16.5. The first kappa shape index (κ1) is 18.9. The Hall–Kier alpha value is -3.41. The molecule has 148 valence electrons. The summed E-state index contributed by atoms with van der Waals surface area (Å²) < 4.78 is 5.03. The van der Waals surface area contributed by atoms with Gasteiger partial charge in [0, 0.05) is 30.4 Å². The Bertz CT molecular complexity index is 968. The molecular weight excluding hydrogens is 364 g/mol. The molecule has 6 nitrogen and oxygen atoms in total. The summed E-state index contributed by atoms with van der Waals surface area (Å²) in [5.74, 6) is 1.15. The van der Waals surface area contributed by atoms with Crippen molar-refractivity contribution in [3.63, 3.8) is 0 Å². The van der Waals surface area contributed by atoms with Gasteiger partial charge in [-0.25, -0.2) is 9.78 Å². The summed E-state index contributed by atoms with van der Waals surface area (Å²) in [6.45, 7) is 4.18. The predicted octanol–water partition coefficient (Wildman–Crippen LogP) is 4.66. The first-order valence-electron chi connectivity index (χ1n) is 9.96. The van der Waals surface area contributed by atoms with E-state index in [1.54, 1.807) is 19.1 Å². The minimum absolute atomic E-state index is 0.322. The third-order valence-corrected chi connectivity index (χ3v) is 4.86. The molecule has 1 aromatic heterocycles. The molecule has 1 fully saturated rings. The van der Waals surface area contributed by atoms with Crippen molar-refractivity contribution in [1.82, 2.24) is 9.97 Å². The highest BCUT2D eigenvalue weighted by Gasteiger charge is 2.16. The Morgan fingerprint density at radius 3 is 2.45 bits per heavy atom. The van der Waals surface area contributed by atoms with Gasteiger partial charge in [-0.05, 0) is 44.0 Å². The van der Waals surface area contributed by atoms with E-state index in [9.17, 15) is 4.79 Å². The van der Waals surface area contributed by atoms with Gasteiger partial charge >= 0.3 is 5.97 Å². The van der Waals surface area contributed by atoms with Crippen LogP contribution in [0.2, 0.25) is 0 Å². The fourth-order valence-corrected chi connectivity index (χ4v) is 3.39. The van der Waals surface area contributed by atoms with Crippen LogP contribution in [0, 0.1) is 0 Å². The monoisotopic (exact) mass is 388 g/mol. The van der Waals surface area contributed by atoms with Crippen LogP contribution in [0.5, 0.6) is 0 Å². The number of hydrogen-bond acceptors (Lipinski definition) is 6. The molecule has 1 saturated heterocycles. The van der Waals surface area contributed by atoms with Gasteiger partial charge in [-0.15, -0.1) is 0 Å². The molecular formula is C23H24N4O2. The fraction of sp³-hybridized carbons (Fsp3) is 0.261. The minimum atomic E-state index is -0.322. The number of rotatable bonds is 6. The summed E-state index contributed by atoms with van der Waals surface area (Å²) in [6.07, 6.45) is 2.37. The predicted molar refractivity (Wildman–Crippen MR) is 115 cm³/mol. The van der Waals surface area contributed by atoms with E-state index in [1.807, 2.05) is 42.5 Å². The Balaban J connectivity index is 1.62. The lowest BCUT2D eigenvalue weighted by molar-refractivity contribution is 0.0526. The molecule has 4 rings (SSSR count). The average molecular weight is 388 g/mol. The maximum atomic E-state index is 11.8. The zero-order valence-electron chi connectivity index (χ0n) is 16.5. The van der Waals surface area contributed by atoms with Crippen LogP contribution < -0.4 is 10.2 Å². The van der Waals surface area contributed by atoms with Crippen LogP contribution in [-0.4, -0.2) is 35.6 Å². The molecule has 1 aliphatic heterocycles. The lowest BCUT2D eigenvalue weighted by Crippen LogP contribution is -2.19. The standard InChI is InChI=1S/C23H24N4O2/c1-2-29-22(28)18-10-12-19(13-11-18)24-23-25-20(17-8-4-3-5-9-17)16-21(26-23)27-14-6-7-15-27/h3-5,8-13,16H,2,6-7,14-15H2,1H3,(H,24,25,26). The molecule has 29 heavy (non-hydrogen) atoms. The van der Waals surface area contributed by atoms with E-state index in [4.69, 9.17) is 14.7 Å². The SMILES string of the molecule is CCOC(=O)c1ccc(Nc2nc(-c3ccccc3)cc(N3CCCC3)n2)cc1. The molecule has 2 aromatic carbocycles. The summed E-state index contributed by atoms with van der Waals surface area (Å²) in [5.41, 5.74) is 3.27. The van der Waals surface area contributed by atoms with Gasteiger partial charge in [0.1, 0.15) is 5.82 Å². The number of esters is 1. The van der Waals surface area contributed by atoms with E-state index in [0.717, 1.165) is 35.9 Å². The van der Waals surface area contributed by atoms with Crippen LogP contribution in [0.1, 0.15) is 30.1 Å². The molecule has 0 unspecified atom stereocenters. The third-order valence-electron chi connectivity index (χ3n) is 4.86. The second kappa shape index (κ2) is 8.73. The molecule has 0 atom stereocenters. The topological polar surface area (TPSA) is 67.3 Å². The van der Waals surface area contributed by atoms with E-state index < -0.39 is 0 Å². The second-order valence-corrected chi connectivity index (χ2v) is 6.92. The van der Waals surface area contributed by atoms with Crippen LogP contribution in [0.3, 0.4) is 0 Å². The molecule has 3 aromatic rings. The Labute approximate surface area is 170 Å². The highest BCUT2D eigenvalue weighted by Crippen LogP contribution is 2.27. The Kier molecular flexibility index (Phi) is 5.70. The molecule has 0 radical (unpaired) electrons. The van der Waals surface area contributed by atoms with E-state index in [0.29, 0.717) is 18.1 Å². The fourth-order valence-electron chi connectivity index (χ4n) is 3.39. The smallest absolute Gasteiger partial charge is 0.338 e.